The molecule has 0 aliphatic heterocycles. The largest absolute Gasteiger partial charge is 0.495 e. The SMILES string of the molecule is COc1ccc(C)cc1NC(=O)[C@@H](NCC(=O)Nc1ccc(F)c(F)c1F)c1ccccc1. The summed E-state index contributed by atoms with van der Waals surface area (Å²) in [4.78, 5) is 25.4. The highest BCUT2D eigenvalue weighted by atomic mass is 19.2. The molecule has 3 aromatic carbocycles. The summed E-state index contributed by atoms with van der Waals surface area (Å²) in [6.07, 6.45) is 0. The third-order valence-corrected chi connectivity index (χ3v) is 4.78. The highest BCUT2D eigenvalue weighted by Crippen LogP contribution is 2.27. The molecule has 3 N–H and O–H groups in total. The van der Waals surface area contributed by atoms with Gasteiger partial charge in [-0.15, -0.1) is 0 Å². The zero-order chi connectivity index (χ0) is 24.0. The molecule has 0 aliphatic rings. The van der Waals surface area contributed by atoms with Crippen LogP contribution in [0.1, 0.15) is 17.2 Å². The number of anilines is 2. The van der Waals surface area contributed by atoms with Gasteiger partial charge >= 0.3 is 0 Å². The number of ether oxygens (including phenoxy) is 1. The Morgan fingerprint density at radius 3 is 2.33 bits per heavy atom. The molecule has 0 spiro atoms. The molecule has 0 saturated heterocycles. The lowest BCUT2D eigenvalue weighted by atomic mass is 10.1. The van der Waals surface area contributed by atoms with E-state index in [0.29, 0.717) is 23.1 Å². The van der Waals surface area contributed by atoms with Gasteiger partial charge in [-0.1, -0.05) is 36.4 Å². The van der Waals surface area contributed by atoms with E-state index in [9.17, 15) is 22.8 Å². The van der Waals surface area contributed by atoms with E-state index in [1.54, 1.807) is 42.5 Å². The summed E-state index contributed by atoms with van der Waals surface area (Å²) in [7, 11) is 1.48. The van der Waals surface area contributed by atoms with E-state index in [1.165, 1.54) is 7.11 Å². The van der Waals surface area contributed by atoms with E-state index in [2.05, 4.69) is 16.0 Å². The van der Waals surface area contributed by atoms with Crippen molar-refractivity contribution < 1.29 is 27.5 Å². The third-order valence-electron chi connectivity index (χ3n) is 4.78. The average Bonchev–Trinajstić information content (AvgIpc) is 2.80. The van der Waals surface area contributed by atoms with Crippen LogP contribution in [0.3, 0.4) is 0 Å². The van der Waals surface area contributed by atoms with E-state index < -0.39 is 47.5 Å². The van der Waals surface area contributed by atoms with Gasteiger partial charge < -0.3 is 15.4 Å². The van der Waals surface area contributed by atoms with Crippen LogP contribution < -0.4 is 20.7 Å². The predicted molar refractivity (Wildman–Crippen MR) is 118 cm³/mol. The van der Waals surface area contributed by atoms with Gasteiger partial charge in [0.25, 0.3) is 0 Å². The summed E-state index contributed by atoms with van der Waals surface area (Å²) in [5.41, 5.74) is 1.43. The summed E-state index contributed by atoms with van der Waals surface area (Å²) in [6.45, 7) is 1.46. The van der Waals surface area contributed by atoms with Gasteiger partial charge in [0.2, 0.25) is 11.8 Å². The van der Waals surface area contributed by atoms with Crippen molar-refractivity contribution in [2.24, 2.45) is 0 Å². The molecule has 0 saturated carbocycles. The molecule has 0 unspecified atom stereocenters. The highest BCUT2D eigenvalue weighted by molar-refractivity contribution is 5.98. The van der Waals surface area contributed by atoms with E-state index >= 15 is 0 Å². The van der Waals surface area contributed by atoms with Gasteiger partial charge in [0.05, 0.1) is 25.0 Å². The topological polar surface area (TPSA) is 79.5 Å². The summed E-state index contributed by atoms with van der Waals surface area (Å²) in [5, 5.41) is 7.77. The van der Waals surface area contributed by atoms with Crippen LogP contribution in [0.5, 0.6) is 5.75 Å². The second-order valence-electron chi connectivity index (χ2n) is 7.19. The molecule has 0 heterocycles. The Morgan fingerprint density at radius 2 is 1.64 bits per heavy atom. The first-order valence-corrected chi connectivity index (χ1v) is 9.97. The molecule has 0 radical (unpaired) electrons. The molecule has 172 valence electrons. The monoisotopic (exact) mass is 457 g/mol. The van der Waals surface area contributed by atoms with Crippen molar-refractivity contribution in [1.29, 1.82) is 0 Å². The molecule has 33 heavy (non-hydrogen) atoms. The maximum Gasteiger partial charge on any atom is 0.246 e. The molecular weight excluding hydrogens is 435 g/mol. The van der Waals surface area contributed by atoms with Crippen molar-refractivity contribution >= 4 is 23.2 Å². The Labute approximate surface area is 188 Å². The van der Waals surface area contributed by atoms with Crippen LogP contribution in [-0.2, 0) is 9.59 Å². The molecule has 0 aromatic heterocycles. The van der Waals surface area contributed by atoms with Crippen molar-refractivity contribution in [3.8, 4) is 5.75 Å². The second kappa shape index (κ2) is 10.6. The number of aryl methyl sites for hydroxylation is 1. The van der Waals surface area contributed by atoms with Gasteiger partial charge in [0, 0.05) is 0 Å². The summed E-state index contributed by atoms with van der Waals surface area (Å²) in [5.74, 6) is -5.30. The molecule has 3 aromatic rings. The van der Waals surface area contributed by atoms with Crippen molar-refractivity contribution in [2.75, 3.05) is 24.3 Å². The van der Waals surface area contributed by atoms with Crippen LogP contribution in [0, 0.1) is 24.4 Å². The number of carbonyl (C=O) groups is 2. The number of methoxy groups -OCH3 is 1. The standard InChI is InChI=1S/C24H22F3N3O3/c1-14-8-11-19(33-2)18(12-14)30-24(32)23(15-6-4-3-5-7-15)28-13-20(31)29-17-10-9-16(25)21(26)22(17)27/h3-12,23,28H,13H2,1-2H3,(H,29,31)(H,30,32)/t23-/m0/s1. The lowest BCUT2D eigenvalue weighted by molar-refractivity contribution is -0.119. The number of halogens is 3. The van der Waals surface area contributed by atoms with Gasteiger partial charge in [0.1, 0.15) is 11.8 Å². The number of amides is 2. The smallest absolute Gasteiger partial charge is 0.246 e. The molecule has 0 aliphatic carbocycles. The van der Waals surface area contributed by atoms with E-state index in [0.717, 1.165) is 11.6 Å². The molecule has 1 atom stereocenters. The first kappa shape index (κ1) is 23.8. The Balaban J connectivity index is 1.75. The van der Waals surface area contributed by atoms with Crippen LogP contribution >= 0.6 is 0 Å². The first-order valence-electron chi connectivity index (χ1n) is 9.97. The fraction of sp³-hybridized carbons (Fsp3) is 0.167. The number of rotatable bonds is 8. The Bertz CT molecular complexity index is 1160. The minimum Gasteiger partial charge on any atom is -0.495 e. The van der Waals surface area contributed by atoms with Crippen molar-refractivity contribution in [3.63, 3.8) is 0 Å². The minimum absolute atomic E-state index is 0.406. The number of nitrogens with one attached hydrogen (secondary N) is 3. The fourth-order valence-corrected chi connectivity index (χ4v) is 3.14. The van der Waals surface area contributed by atoms with E-state index in [4.69, 9.17) is 4.74 Å². The minimum atomic E-state index is -1.69. The van der Waals surface area contributed by atoms with Crippen LogP contribution in [0.2, 0.25) is 0 Å². The highest BCUT2D eigenvalue weighted by Gasteiger charge is 2.23. The molecule has 2 amide bonds. The Hall–Kier alpha value is -3.85. The maximum absolute atomic E-state index is 13.8. The molecule has 9 heteroatoms. The molecule has 0 fully saturated rings. The fourth-order valence-electron chi connectivity index (χ4n) is 3.14. The van der Waals surface area contributed by atoms with Crippen LogP contribution in [0.25, 0.3) is 0 Å². The van der Waals surface area contributed by atoms with Crippen molar-refractivity contribution in [2.45, 2.75) is 13.0 Å². The number of carbonyl (C=O) groups excluding carboxylic acids is 2. The van der Waals surface area contributed by atoms with Crippen LogP contribution in [0.4, 0.5) is 24.5 Å². The summed E-state index contributed by atoms with van der Waals surface area (Å²) >= 11 is 0. The lowest BCUT2D eigenvalue weighted by Gasteiger charge is -2.20. The molecule has 0 bridgehead atoms. The summed E-state index contributed by atoms with van der Waals surface area (Å²) in [6, 6.07) is 14.6. The van der Waals surface area contributed by atoms with Gasteiger partial charge in [-0.2, -0.15) is 0 Å². The molecule has 3 rings (SSSR count). The second-order valence-corrected chi connectivity index (χ2v) is 7.19. The zero-order valence-corrected chi connectivity index (χ0v) is 17.9. The zero-order valence-electron chi connectivity index (χ0n) is 17.9. The van der Waals surface area contributed by atoms with Crippen molar-refractivity contribution in [1.82, 2.24) is 5.32 Å². The van der Waals surface area contributed by atoms with E-state index in [-0.39, 0.29) is 0 Å². The Kier molecular flexibility index (Phi) is 7.68. The van der Waals surface area contributed by atoms with Gasteiger partial charge in [0.15, 0.2) is 17.5 Å². The van der Waals surface area contributed by atoms with Crippen molar-refractivity contribution in [3.05, 3.63) is 89.2 Å². The normalized spacial score (nSPS) is 11.5. The number of benzene rings is 3. The number of hydrogen-bond donors (Lipinski definition) is 3. The van der Waals surface area contributed by atoms with E-state index in [1.807, 2.05) is 13.0 Å². The third kappa shape index (κ3) is 5.89. The Morgan fingerprint density at radius 1 is 0.909 bits per heavy atom. The molecular formula is C24H22F3N3O3. The van der Waals surface area contributed by atoms with Gasteiger partial charge in [-0.05, 0) is 42.3 Å². The van der Waals surface area contributed by atoms with Crippen LogP contribution in [-0.4, -0.2) is 25.5 Å². The lowest BCUT2D eigenvalue weighted by Crippen LogP contribution is -2.38. The quantitative estimate of drug-likeness (QED) is 0.440. The van der Waals surface area contributed by atoms with Gasteiger partial charge in [-0.25, -0.2) is 13.2 Å². The average molecular weight is 457 g/mol. The molecule has 6 nitrogen and oxygen atoms in total. The van der Waals surface area contributed by atoms with Gasteiger partial charge in [-0.3, -0.25) is 14.9 Å². The number of hydrogen-bond acceptors (Lipinski definition) is 4. The summed E-state index contributed by atoms with van der Waals surface area (Å²) < 4.78 is 45.6. The predicted octanol–water partition coefficient (Wildman–Crippen LogP) is 4.33. The van der Waals surface area contributed by atoms with Crippen LogP contribution in [0.15, 0.2) is 60.7 Å². The maximum atomic E-state index is 13.8. The first-order chi connectivity index (χ1) is 15.8.